The average Bonchev–Trinajstić information content (AvgIpc) is 2.74. The molecule has 1 rings (SSSR count). The zero-order valence-electron chi connectivity index (χ0n) is 12.5. The molecule has 0 saturated heterocycles. The van der Waals surface area contributed by atoms with E-state index in [-0.39, 0.29) is 22.9 Å². The molecule has 1 aromatic rings. The standard InChI is InChI=1S/C12H21ClN2O4S2/c1-4-8-20(16,17)9-7-15-11(6-3)12(21(13,18)19)10(5-2)14-15/h4-9H2,1-3H3. The highest BCUT2D eigenvalue weighted by Crippen LogP contribution is 2.25. The first-order valence-corrected chi connectivity index (χ1v) is 11.0. The van der Waals surface area contributed by atoms with E-state index >= 15 is 0 Å². The fraction of sp³-hybridized carbons (Fsp3) is 0.750. The van der Waals surface area contributed by atoms with Crippen LogP contribution in [-0.2, 0) is 38.3 Å². The van der Waals surface area contributed by atoms with Crippen molar-refractivity contribution in [3.05, 3.63) is 11.4 Å². The van der Waals surface area contributed by atoms with Crippen molar-refractivity contribution < 1.29 is 16.8 Å². The van der Waals surface area contributed by atoms with Crippen molar-refractivity contribution >= 4 is 29.6 Å². The third-order valence-corrected chi connectivity index (χ3v) is 6.38. The van der Waals surface area contributed by atoms with Gasteiger partial charge in [-0.25, -0.2) is 16.8 Å². The second-order valence-electron chi connectivity index (χ2n) is 4.74. The number of rotatable bonds is 8. The minimum absolute atomic E-state index is 0.0297. The molecule has 21 heavy (non-hydrogen) atoms. The fourth-order valence-corrected chi connectivity index (χ4v) is 5.02. The third-order valence-electron chi connectivity index (χ3n) is 3.12. The summed E-state index contributed by atoms with van der Waals surface area (Å²) in [6.45, 7) is 5.52. The first-order valence-electron chi connectivity index (χ1n) is 6.89. The van der Waals surface area contributed by atoms with Gasteiger partial charge in [0.05, 0.1) is 23.7 Å². The van der Waals surface area contributed by atoms with Gasteiger partial charge in [-0.3, -0.25) is 4.68 Å². The van der Waals surface area contributed by atoms with Crippen LogP contribution in [0.25, 0.3) is 0 Å². The molecule has 0 fully saturated rings. The summed E-state index contributed by atoms with van der Waals surface area (Å²) in [6, 6.07) is 0. The Bertz CT molecular complexity index is 693. The second kappa shape index (κ2) is 7.11. The van der Waals surface area contributed by atoms with Gasteiger partial charge in [-0.15, -0.1) is 0 Å². The zero-order valence-corrected chi connectivity index (χ0v) is 14.9. The van der Waals surface area contributed by atoms with Crippen molar-refractivity contribution in [2.75, 3.05) is 11.5 Å². The molecular formula is C12H21ClN2O4S2. The van der Waals surface area contributed by atoms with Crippen molar-refractivity contribution in [3.63, 3.8) is 0 Å². The zero-order chi connectivity index (χ0) is 16.3. The van der Waals surface area contributed by atoms with E-state index in [4.69, 9.17) is 10.7 Å². The van der Waals surface area contributed by atoms with Gasteiger partial charge in [0.25, 0.3) is 9.05 Å². The van der Waals surface area contributed by atoms with Crippen molar-refractivity contribution in [1.29, 1.82) is 0 Å². The molecule has 122 valence electrons. The Morgan fingerprint density at radius 1 is 1.05 bits per heavy atom. The van der Waals surface area contributed by atoms with Crippen molar-refractivity contribution in [1.82, 2.24) is 9.78 Å². The van der Waals surface area contributed by atoms with Crippen molar-refractivity contribution in [3.8, 4) is 0 Å². The molecular weight excluding hydrogens is 336 g/mol. The normalized spacial score (nSPS) is 12.8. The van der Waals surface area contributed by atoms with Crippen LogP contribution in [-0.4, -0.2) is 38.1 Å². The van der Waals surface area contributed by atoms with Crippen LogP contribution in [0.1, 0.15) is 38.6 Å². The lowest BCUT2D eigenvalue weighted by Crippen LogP contribution is -2.18. The predicted molar refractivity (Wildman–Crippen MR) is 83.0 cm³/mol. The molecule has 0 amide bonds. The summed E-state index contributed by atoms with van der Waals surface area (Å²) in [5, 5.41) is 4.22. The second-order valence-corrected chi connectivity index (χ2v) is 9.55. The highest BCUT2D eigenvalue weighted by atomic mass is 35.7. The Morgan fingerprint density at radius 2 is 1.67 bits per heavy atom. The van der Waals surface area contributed by atoms with Crippen LogP contribution in [0.5, 0.6) is 0 Å². The van der Waals surface area contributed by atoms with Crippen LogP contribution < -0.4 is 0 Å². The van der Waals surface area contributed by atoms with Crippen LogP contribution in [0.4, 0.5) is 0 Å². The Labute approximate surface area is 130 Å². The number of aromatic nitrogens is 2. The molecule has 0 aliphatic rings. The number of hydrogen-bond acceptors (Lipinski definition) is 5. The van der Waals surface area contributed by atoms with Crippen LogP contribution >= 0.6 is 10.7 Å². The lowest BCUT2D eigenvalue weighted by atomic mass is 10.2. The summed E-state index contributed by atoms with van der Waals surface area (Å²) >= 11 is 0. The quantitative estimate of drug-likeness (QED) is 0.662. The van der Waals surface area contributed by atoms with E-state index < -0.39 is 18.9 Å². The number of halogens is 1. The molecule has 9 heteroatoms. The van der Waals surface area contributed by atoms with Gasteiger partial charge in [0, 0.05) is 16.4 Å². The van der Waals surface area contributed by atoms with Gasteiger partial charge < -0.3 is 0 Å². The molecule has 0 bridgehead atoms. The maximum atomic E-state index is 11.8. The molecule has 0 unspecified atom stereocenters. The SMILES string of the molecule is CCCS(=O)(=O)CCn1nc(CC)c(S(=O)(=O)Cl)c1CC. The average molecular weight is 357 g/mol. The van der Waals surface area contributed by atoms with E-state index in [0.29, 0.717) is 30.7 Å². The molecule has 0 saturated carbocycles. The molecule has 0 aliphatic carbocycles. The highest BCUT2D eigenvalue weighted by Gasteiger charge is 2.25. The largest absolute Gasteiger partial charge is 0.267 e. The number of sulfone groups is 1. The lowest BCUT2D eigenvalue weighted by molar-refractivity contribution is 0.570. The Kier molecular flexibility index (Phi) is 6.24. The molecule has 0 aliphatic heterocycles. The fourth-order valence-electron chi connectivity index (χ4n) is 2.21. The van der Waals surface area contributed by atoms with Crippen molar-refractivity contribution in [2.45, 2.75) is 51.5 Å². The van der Waals surface area contributed by atoms with Gasteiger partial charge in [0.1, 0.15) is 4.90 Å². The van der Waals surface area contributed by atoms with E-state index in [2.05, 4.69) is 5.10 Å². The molecule has 0 spiro atoms. The lowest BCUT2D eigenvalue weighted by Gasteiger charge is -2.07. The van der Waals surface area contributed by atoms with Gasteiger partial charge >= 0.3 is 0 Å². The summed E-state index contributed by atoms with van der Waals surface area (Å²) in [4.78, 5) is 0.0297. The number of hydrogen-bond donors (Lipinski definition) is 0. The van der Waals surface area contributed by atoms with E-state index in [1.165, 1.54) is 4.68 Å². The maximum Gasteiger partial charge on any atom is 0.264 e. The van der Waals surface area contributed by atoms with Gasteiger partial charge in [-0.2, -0.15) is 5.10 Å². The van der Waals surface area contributed by atoms with E-state index in [9.17, 15) is 16.8 Å². The van der Waals surface area contributed by atoms with Crippen LogP contribution in [0, 0.1) is 0 Å². The highest BCUT2D eigenvalue weighted by molar-refractivity contribution is 8.13. The van der Waals surface area contributed by atoms with E-state index in [1.807, 2.05) is 0 Å². The van der Waals surface area contributed by atoms with Gasteiger partial charge in [0.2, 0.25) is 0 Å². The third kappa shape index (κ3) is 4.69. The number of aryl methyl sites for hydroxylation is 2. The molecule has 0 radical (unpaired) electrons. The van der Waals surface area contributed by atoms with Gasteiger partial charge in [-0.1, -0.05) is 20.8 Å². The molecule has 1 heterocycles. The van der Waals surface area contributed by atoms with Crippen LogP contribution in [0.2, 0.25) is 0 Å². The topological polar surface area (TPSA) is 86.1 Å². The Balaban J connectivity index is 3.18. The molecule has 1 aromatic heterocycles. The summed E-state index contributed by atoms with van der Waals surface area (Å²) in [5.41, 5.74) is 0.850. The predicted octanol–water partition coefficient (Wildman–Crippen LogP) is 1.76. The Hall–Kier alpha value is -0.600. The Morgan fingerprint density at radius 3 is 2.10 bits per heavy atom. The molecule has 0 atom stereocenters. The summed E-state index contributed by atoms with van der Waals surface area (Å²) in [5.74, 6) is 0.0669. The first-order chi connectivity index (χ1) is 9.66. The number of nitrogens with zero attached hydrogens (tertiary/aromatic N) is 2. The maximum absolute atomic E-state index is 11.8. The summed E-state index contributed by atoms with van der Waals surface area (Å²) in [7, 11) is -1.56. The molecule has 0 aromatic carbocycles. The van der Waals surface area contributed by atoms with E-state index in [1.54, 1.807) is 20.8 Å². The van der Waals surface area contributed by atoms with Crippen LogP contribution in [0.3, 0.4) is 0 Å². The first kappa shape index (κ1) is 18.4. The smallest absolute Gasteiger partial charge is 0.264 e. The van der Waals surface area contributed by atoms with E-state index in [0.717, 1.165) is 0 Å². The molecule has 0 N–H and O–H groups in total. The minimum Gasteiger partial charge on any atom is -0.267 e. The van der Waals surface area contributed by atoms with Gasteiger partial charge in [0.15, 0.2) is 9.84 Å². The summed E-state index contributed by atoms with van der Waals surface area (Å²) in [6.07, 6.45) is 1.40. The molecule has 6 nitrogen and oxygen atoms in total. The van der Waals surface area contributed by atoms with Crippen molar-refractivity contribution in [2.24, 2.45) is 0 Å². The monoisotopic (exact) mass is 356 g/mol. The van der Waals surface area contributed by atoms with Gasteiger partial charge in [-0.05, 0) is 19.3 Å². The summed E-state index contributed by atoms with van der Waals surface area (Å²) < 4.78 is 48.4. The minimum atomic E-state index is -3.89. The van der Waals surface area contributed by atoms with Crippen LogP contribution in [0.15, 0.2) is 4.90 Å².